The highest BCUT2D eigenvalue weighted by molar-refractivity contribution is 6.04. The summed E-state index contributed by atoms with van der Waals surface area (Å²) < 4.78 is 10.4. The van der Waals surface area contributed by atoms with Gasteiger partial charge in [-0.2, -0.15) is 0 Å². The van der Waals surface area contributed by atoms with Gasteiger partial charge in [-0.05, 0) is 24.5 Å². The molecule has 0 radical (unpaired) electrons. The van der Waals surface area contributed by atoms with Crippen LogP contribution in [0.5, 0.6) is 0 Å². The van der Waals surface area contributed by atoms with Crippen molar-refractivity contribution in [3.8, 4) is 0 Å². The Morgan fingerprint density at radius 2 is 2.00 bits per heavy atom. The van der Waals surface area contributed by atoms with Crippen molar-refractivity contribution in [3.05, 3.63) is 64.5 Å². The number of carbonyl (C=O) groups is 1. The van der Waals surface area contributed by atoms with Gasteiger partial charge in [-0.1, -0.05) is 30.3 Å². The van der Waals surface area contributed by atoms with Crippen molar-refractivity contribution in [1.82, 2.24) is 0 Å². The minimum absolute atomic E-state index is 0.174. The highest BCUT2D eigenvalue weighted by atomic mass is 16.5. The first kappa shape index (κ1) is 14.1. The summed E-state index contributed by atoms with van der Waals surface area (Å²) in [5, 5.41) is 2.38. The summed E-state index contributed by atoms with van der Waals surface area (Å²) >= 11 is 0. The summed E-state index contributed by atoms with van der Waals surface area (Å²) in [5.41, 5.74) is 0.694. The summed E-state index contributed by atoms with van der Waals surface area (Å²) in [6.45, 7) is 2.02. The average molecular weight is 294 g/mol. The van der Waals surface area contributed by atoms with Crippen LogP contribution in [0.25, 0.3) is 27.8 Å². The van der Waals surface area contributed by atoms with E-state index in [1.54, 1.807) is 13.0 Å². The van der Waals surface area contributed by atoms with Gasteiger partial charge in [0.15, 0.2) is 5.43 Å². The van der Waals surface area contributed by atoms with Crippen LogP contribution in [0, 0.1) is 0 Å². The van der Waals surface area contributed by atoms with Crippen molar-refractivity contribution >= 4 is 33.8 Å². The first-order valence-electron chi connectivity index (χ1n) is 6.99. The van der Waals surface area contributed by atoms with Crippen molar-refractivity contribution in [2.75, 3.05) is 6.61 Å². The van der Waals surface area contributed by atoms with E-state index >= 15 is 0 Å². The monoisotopic (exact) mass is 294 g/mol. The highest BCUT2D eigenvalue weighted by Crippen LogP contribution is 2.23. The lowest BCUT2D eigenvalue weighted by atomic mass is 10.1. The lowest BCUT2D eigenvalue weighted by molar-refractivity contribution is -0.137. The maximum absolute atomic E-state index is 12.5. The quantitative estimate of drug-likeness (QED) is 0.421. The molecule has 110 valence electrons. The predicted octanol–water partition coefficient (Wildman–Crippen LogP) is 3.52. The van der Waals surface area contributed by atoms with E-state index < -0.39 is 5.97 Å². The molecule has 0 N–H and O–H groups in total. The molecule has 3 rings (SSSR count). The SMILES string of the molecule is CCOC(=O)C=Cc1coc2c(ccc3ccccc32)c1=O. The Balaban J connectivity index is 2.12. The minimum atomic E-state index is -0.486. The summed E-state index contributed by atoms with van der Waals surface area (Å²) in [6, 6.07) is 11.3. The molecule has 0 bridgehead atoms. The number of fused-ring (bicyclic) bond motifs is 3. The van der Waals surface area contributed by atoms with Crippen LogP contribution in [0.4, 0.5) is 0 Å². The fourth-order valence-electron chi connectivity index (χ4n) is 2.34. The van der Waals surface area contributed by atoms with Gasteiger partial charge in [-0.15, -0.1) is 0 Å². The number of esters is 1. The number of benzene rings is 2. The second kappa shape index (κ2) is 5.85. The number of rotatable bonds is 3. The van der Waals surface area contributed by atoms with Gasteiger partial charge in [0.1, 0.15) is 11.8 Å². The van der Waals surface area contributed by atoms with E-state index in [4.69, 9.17) is 9.15 Å². The summed E-state index contributed by atoms with van der Waals surface area (Å²) in [6.07, 6.45) is 4.01. The molecule has 0 amide bonds. The van der Waals surface area contributed by atoms with Crippen LogP contribution < -0.4 is 5.43 Å². The van der Waals surface area contributed by atoms with Crippen LogP contribution in [-0.2, 0) is 9.53 Å². The molecule has 2 aromatic carbocycles. The largest absolute Gasteiger partial charge is 0.463 e. The van der Waals surface area contributed by atoms with E-state index in [1.807, 2.05) is 30.3 Å². The fraction of sp³-hybridized carbons (Fsp3) is 0.111. The van der Waals surface area contributed by atoms with E-state index in [0.29, 0.717) is 23.1 Å². The molecule has 22 heavy (non-hydrogen) atoms. The maximum Gasteiger partial charge on any atom is 0.330 e. The second-order valence-corrected chi connectivity index (χ2v) is 4.77. The van der Waals surface area contributed by atoms with Gasteiger partial charge in [-0.3, -0.25) is 4.79 Å². The maximum atomic E-state index is 12.5. The number of hydrogen-bond donors (Lipinski definition) is 0. The molecule has 4 heteroatoms. The molecule has 0 atom stereocenters. The van der Waals surface area contributed by atoms with Crippen LogP contribution in [0.1, 0.15) is 12.5 Å². The third-order valence-corrected chi connectivity index (χ3v) is 3.38. The third kappa shape index (κ3) is 2.51. The van der Waals surface area contributed by atoms with E-state index in [2.05, 4.69) is 0 Å². The molecular weight excluding hydrogens is 280 g/mol. The van der Waals surface area contributed by atoms with E-state index in [1.165, 1.54) is 18.4 Å². The Kier molecular flexibility index (Phi) is 3.74. The standard InChI is InChI=1S/C18H14O4/c1-2-21-16(19)10-8-13-11-22-18-14-6-4-3-5-12(14)7-9-15(18)17(13)20/h3-11H,2H2,1H3. The first-order chi connectivity index (χ1) is 10.7. The van der Waals surface area contributed by atoms with Crippen LogP contribution >= 0.6 is 0 Å². The lowest BCUT2D eigenvalue weighted by Crippen LogP contribution is -2.06. The van der Waals surface area contributed by atoms with Crippen LogP contribution in [0.2, 0.25) is 0 Å². The van der Waals surface area contributed by atoms with Crippen molar-refractivity contribution in [3.63, 3.8) is 0 Å². The zero-order chi connectivity index (χ0) is 15.5. The average Bonchev–Trinajstić information content (AvgIpc) is 2.54. The summed E-state index contributed by atoms with van der Waals surface area (Å²) in [5.74, 6) is -0.486. The molecule has 1 aromatic heterocycles. The third-order valence-electron chi connectivity index (χ3n) is 3.38. The Hall–Kier alpha value is -2.88. The Morgan fingerprint density at radius 3 is 2.82 bits per heavy atom. The van der Waals surface area contributed by atoms with Crippen LogP contribution in [-0.4, -0.2) is 12.6 Å². The fourth-order valence-corrected chi connectivity index (χ4v) is 2.34. The molecule has 0 aliphatic carbocycles. The molecular formula is C18H14O4. The van der Waals surface area contributed by atoms with Gasteiger partial charge in [0.05, 0.1) is 17.6 Å². The first-order valence-corrected chi connectivity index (χ1v) is 6.99. The molecule has 0 aliphatic rings. The zero-order valence-electron chi connectivity index (χ0n) is 12.0. The van der Waals surface area contributed by atoms with E-state index in [-0.39, 0.29) is 5.43 Å². The minimum Gasteiger partial charge on any atom is -0.463 e. The number of carbonyl (C=O) groups excluding carboxylic acids is 1. The highest BCUT2D eigenvalue weighted by Gasteiger charge is 2.08. The Morgan fingerprint density at radius 1 is 1.18 bits per heavy atom. The van der Waals surface area contributed by atoms with Crippen molar-refractivity contribution < 1.29 is 13.9 Å². The van der Waals surface area contributed by atoms with Crippen LogP contribution in [0.3, 0.4) is 0 Å². The van der Waals surface area contributed by atoms with Crippen molar-refractivity contribution in [1.29, 1.82) is 0 Å². The molecule has 0 fully saturated rings. The number of ether oxygens (including phenoxy) is 1. The van der Waals surface area contributed by atoms with Gasteiger partial charge in [0.2, 0.25) is 0 Å². The van der Waals surface area contributed by atoms with Crippen LogP contribution in [0.15, 0.2) is 57.9 Å². The Bertz CT molecular complexity index is 935. The molecule has 1 heterocycles. The second-order valence-electron chi connectivity index (χ2n) is 4.77. The molecule has 0 unspecified atom stereocenters. The molecule has 0 saturated heterocycles. The summed E-state index contributed by atoms with van der Waals surface area (Å²) in [4.78, 5) is 23.8. The van der Waals surface area contributed by atoms with E-state index in [9.17, 15) is 9.59 Å². The van der Waals surface area contributed by atoms with Gasteiger partial charge in [0, 0.05) is 11.5 Å². The van der Waals surface area contributed by atoms with Crippen molar-refractivity contribution in [2.45, 2.75) is 6.92 Å². The number of hydrogen-bond acceptors (Lipinski definition) is 4. The van der Waals surface area contributed by atoms with E-state index in [0.717, 1.165) is 10.8 Å². The molecule has 0 aliphatic heterocycles. The van der Waals surface area contributed by atoms with Crippen molar-refractivity contribution in [2.24, 2.45) is 0 Å². The molecule has 4 nitrogen and oxygen atoms in total. The molecule has 0 spiro atoms. The predicted molar refractivity (Wildman–Crippen MR) is 85.7 cm³/mol. The summed E-state index contributed by atoms with van der Waals surface area (Å²) in [7, 11) is 0. The zero-order valence-corrected chi connectivity index (χ0v) is 12.0. The van der Waals surface area contributed by atoms with Gasteiger partial charge < -0.3 is 9.15 Å². The lowest BCUT2D eigenvalue weighted by Gasteiger charge is -2.03. The van der Waals surface area contributed by atoms with Gasteiger partial charge in [-0.25, -0.2) is 4.79 Å². The normalized spacial score (nSPS) is 11.3. The molecule has 3 aromatic rings. The van der Waals surface area contributed by atoms with Gasteiger partial charge in [0.25, 0.3) is 0 Å². The molecule has 0 saturated carbocycles. The smallest absolute Gasteiger partial charge is 0.330 e. The van der Waals surface area contributed by atoms with Gasteiger partial charge >= 0.3 is 5.97 Å². The Labute approximate surface area is 126 Å². The topological polar surface area (TPSA) is 56.5 Å².